The fourth-order valence-corrected chi connectivity index (χ4v) is 1.32. The second-order valence-corrected chi connectivity index (χ2v) is 3.15. The number of nitriles is 1. The molecule has 4 heteroatoms. The number of nitrogens with zero attached hydrogens (tertiary/aromatic N) is 2. The molecule has 2 aromatic rings. The molecular weight excluding hydrogens is 210 g/mol. The van der Waals surface area contributed by atoms with Gasteiger partial charge >= 0.3 is 0 Å². The number of aromatic nitrogens is 1. The van der Waals surface area contributed by atoms with Crippen LogP contribution in [0.5, 0.6) is 0 Å². The minimum atomic E-state index is -0.931. The summed E-state index contributed by atoms with van der Waals surface area (Å²) in [5.74, 6) is -1.84. The maximum Gasteiger partial charge on any atom is 0.168 e. The van der Waals surface area contributed by atoms with Gasteiger partial charge in [-0.05, 0) is 24.3 Å². The lowest BCUT2D eigenvalue weighted by Crippen LogP contribution is -1.91. The van der Waals surface area contributed by atoms with Gasteiger partial charge < -0.3 is 0 Å². The van der Waals surface area contributed by atoms with Crippen molar-refractivity contribution in [1.82, 2.24) is 4.98 Å². The van der Waals surface area contributed by atoms with Crippen molar-refractivity contribution >= 4 is 0 Å². The van der Waals surface area contributed by atoms with Gasteiger partial charge in [0.25, 0.3) is 0 Å². The molecule has 0 aliphatic carbocycles. The molecule has 0 saturated carbocycles. The van der Waals surface area contributed by atoms with Crippen LogP contribution in [0.1, 0.15) is 5.56 Å². The average Bonchev–Trinajstić information content (AvgIpc) is 2.33. The number of rotatable bonds is 1. The molecule has 78 valence electrons. The Morgan fingerprint density at radius 3 is 2.56 bits per heavy atom. The van der Waals surface area contributed by atoms with Crippen molar-refractivity contribution in [3.05, 3.63) is 53.7 Å². The molecule has 0 saturated heterocycles. The van der Waals surface area contributed by atoms with E-state index in [1.54, 1.807) is 0 Å². The van der Waals surface area contributed by atoms with E-state index < -0.39 is 11.6 Å². The minimum Gasteiger partial charge on any atom is -0.255 e. The Hall–Kier alpha value is -2.28. The highest BCUT2D eigenvalue weighted by atomic mass is 19.2. The molecule has 0 fully saturated rings. The zero-order chi connectivity index (χ0) is 11.5. The highest BCUT2D eigenvalue weighted by Gasteiger charge is 2.10. The monoisotopic (exact) mass is 216 g/mol. The number of hydrogen-bond donors (Lipinski definition) is 0. The summed E-state index contributed by atoms with van der Waals surface area (Å²) < 4.78 is 26.3. The molecule has 2 nitrogen and oxygen atoms in total. The summed E-state index contributed by atoms with van der Waals surface area (Å²) >= 11 is 0. The summed E-state index contributed by atoms with van der Waals surface area (Å²) in [7, 11) is 0. The maximum absolute atomic E-state index is 13.4. The molecule has 0 unspecified atom stereocenters. The molecule has 0 amide bonds. The molecule has 0 aliphatic rings. The molecule has 0 N–H and O–H groups in total. The van der Waals surface area contributed by atoms with Crippen molar-refractivity contribution < 1.29 is 8.78 Å². The first kappa shape index (κ1) is 10.2. The Kier molecular flexibility index (Phi) is 2.61. The van der Waals surface area contributed by atoms with Gasteiger partial charge in [0.05, 0.1) is 11.3 Å². The first-order valence-corrected chi connectivity index (χ1v) is 4.53. The number of pyridine rings is 1. The third-order valence-corrected chi connectivity index (χ3v) is 2.12. The molecule has 1 aromatic heterocycles. The normalized spacial score (nSPS) is 9.81. The van der Waals surface area contributed by atoms with Crippen LogP contribution in [-0.4, -0.2) is 4.98 Å². The Labute approximate surface area is 90.8 Å². The molecule has 1 aromatic carbocycles. The molecular formula is C12H6F2N2. The zero-order valence-electron chi connectivity index (χ0n) is 8.11. The summed E-state index contributed by atoms with van der Waals surface area (Å²) in [6.45, 7) is 0. The van der Waals surface area contributed by atoms with Gasteiger partial charge in [-0.3, -0.25) is 4.98 Å². The van der Waals surface area contributed by atoms with E-state index in [0.717, 1.165) is 6.07 Å². The van der Waals surface area contributed by atoms with E-state index in [4.69, 9.17) is 5.26 Å². The van der Waals surface area contributed by atoms with Crippen LogP contribution >= 0.6 is 0 Å². The highest BCUT2D eigenvalue weighted by Crippen LogP contribution is 2.22. The Morgan fingerprint density at radius 2 is 1.94 bits per heavy atom. The van der Waals surface area contributed by atoms with Gasteiger partial charge in [-0.25, -0.2) is 8.78 Å². The standard InChI is InChI=1S/C12H6F2N2/c13-10-3-1-2-9(12(10)14)11-5-4-8(6-15)7-16-11/h1-5,7H. The van der Waals surface area contributed by atoms with Crippen LogP contribution in [0.4, 0.5) is 8.78 Å². The van der Waals surface area contributed by atoms with Gasteiger partial charge in [-0.2, -0.15) is 5.26 Å². The van der Waals surface area contributed by atoms with Crippen molar-refractivity contribution in [2.75, 3.05) is 0 Å². The molecule has 0 bridgehead atoms. The van der Waals surface area contributed by atoms with E-state index in [0.29, 0.717) is 11.3 Å². The predicted octanol–water partition coefficient (Wildman–Crippen LogP) is 2.90. The van der Waals surface area contributed by atoms with Gasteiger partial charge in [0.2, 0.25) is 0 Å². The van der Waals surface area contributed by atoms with E-state index in [2.05, 4.69) is 4.98 Å². The van der Waals surface area contributed by atoms with E-state index in [-0.39, 0.29) is 5.56 Å². The number of halogens is 2. The van der Waals surface area contributed by atoms with E-state index in [9.17, 15) is 8.78 Å². The van der Waals surface area contributed by atoms with Crippen molar-refractivity contribution in [2.45, 2.75) is 0 Å². The average molecular weight is 216 g/mol. The van der Waals surface area contributed by atoms with Gasteiger partial charge in [0.15, 0.2) is 11.6 Å². The molecule has 2 rings (SSSR count). The van der Waals surface area contributed by atoms with Gasteiger partial charge in [-0.1, -0.05) is 6.07 Å². The van der Waals surface area contributed by atoms with Gasteiger partial charge in [0.1, 0.15) is 6.07 Å². The van der Waals surface area contributed by atoms with E-state index in [1.165, 1.54) is 30.5 Å². The predicted molar refractivity (Wildman–Crippen MR) is 54.3 cm³/mol. The quantitative estimate of drug-likeness (QED) is 0.734. The summed E-state index contributed by atoms with van der Waals surface area (Å²) in [6.07, 6.45) is 1.32. The third kappa shape index (κ3) is 1.75. The van der Waals surface area contributed by atoms with Crippen molar-refractivity contribution in [3.8, 4) is 17.3 Å². The first-order chi connectivity index (χ1) is 7.72. The topological polar surface area (TPSA) is 36.7 Å². The Morgan fingerprint density at radius 1 is 1.12 bits per heavy atom. The SMILES string of the molecule is N#Cc1ccc(-c2cccc(F)c2F)nc1. The summed E-state index contributed by atoms with van der Waals surface area (Å²) in [5.41, 5.74) is 0.765. The summed E-state index contributed by atoms with van der Waals surface area (Å²) in [6, 6.07) is 8.78. The second-order valence-electron chi connectivity index (χ2n) is 3.15. The zero-order valence-corrected chi connectivity index (χ0v) is 8.11. The van der Waals surface area contributed by atoms with Crippen LogP contribution in [-0.2, 0) is 0 Å². The van der Waals surface area contributed by atoms with E-state index >= 15 is 0 Å². The minimum absolute atomic E-state index is 0.0875. The Bertz CT molecular complexity index is 556. The largest absolute Gasteiger partial charge is 0.255 e. The summed E-state index contributed by atoms with van der Waals surface area (Å²) in [5, 5.41) is 8.57. The molecule has 1 heterocycles. The fourth-order valence-electron chi connectivity index (χ4n) is 1.32. The lowest BCUT2D eigenvalue weighted by Gasteiger charge is -2.02. The second kappa shape index (κ2) is 4.07. The van der Waals surface area contributed by atoms with Crippen LogP contribution in [0.15, 0.2) is 36.5 Å². The van der Waals surface area contributed by atoms with Crippen LogP contribution < -0.4 is 0 Å². The maximum atomic E-state index is 13.4. The van der Waals surface area contributed by atoms with Gasteiger partial charge in [-0.15, -0.1) is 0 Å². The summed E-state index contributed by atoms with van der Waals surface area (Å²) in [4.78, 5) is 3.89. The lowest BCUT2D eigenvalue weighted by molar-refractivity contribution is 0.511. The van der Waals surface area contributed by atoms with Crippen LogP contribution in [0.3, 0.4) is 0 Å². The van der Waals surface area contributed by atoms with Crippen molar-refractivity contribution in [2.24, 2.45) is 0 Å². The molecule has 0 spiro atoms. The van der Waals surface area contributed by atoms with Crippen molar-refractivity contribution in [3.63, 3.8) is 0 Å². The fraction of sp³-hybridized carbons (Fsp3) is 0. The van der Waals surface area contributed by atoms with Crippen molar-refractivity contribution in [1.29, 1.82) is 5.26 Å². The molecule has 16 heavy (non-hydrogen) atoms. The number of hydrogen-bond acceptors (Lipinski definition) is 2. The molecule has 0 atom stereocenters. The lowest BCUT2D eigenvalue weighted by atomic mass is 10.1. The van der Waals surface area contributed by atoms with Crippen LogP contribution in [0.2, 0.25) is 0 Å². The molecule has 0 aliphatic heterocycles. The van der Waals surface area contributed by atoms with Crippen LogP contribution in [0, 0.1) is 23.0 Å². The third-order valence-electron chi connectivity index (χ3n) is 2.12. The molecule has 0 radical (unpaired) electrons. The smallest absolute Gasteiger partial charge is 0.168 e. The number of benzene rings is 1. The van der Waals surface area contributed by atoms with Gasteiger partial charge in [0, 0.05) is 11.8 Å². The Balaban J connectivity index is 2.51. The first-order valence-electron chi connectivity index (χ1n) is 4.53. The van der Waals surface area contributed by atoms with Crippen LogP contribution in [0.25, 0.3) is 11.3 Å². The van der Waals surface area contributed by atoms with E-state index in [1.807, 2.05) is 6.07 Å². The highest BCUT2D eigenvalue weighted by molar-refractivity contribution is 5.60.